The highest BCUT2D eigenvalue weighted by Crippen LogP contribution is 2.26. The Morgan fingerprint density at radius 2 is 1.75 bits per heavy atom. The van der Waals surface area contributed by atoms with Crippen LogP contribution in [0.15, 0.2) is 23.1 Å². The van der Waals surface area contributed by atoms with Gasteiger partial charge in [-0.15, -0.1) is 0 Å². The van der Waals surface area contributed by atoms with Gasteiger partial charge < -0.3 is 10.1 Å². The Morgan fingerprint density at radius 1 is 1.07 bits per heavy atom. The predicted molar refractivity (Wildman–Crippen MR) is 103 cm³/mol. The number of sulfonamides is 1. The van der Waals surface area contributed by atoms with Crippen molar-refractivity contribution in [3.63, 3.8) is 0 Å². The van der Waals surface area contributed by atoms with Crippen LogP contribution in [-0.2, 0) is 37.2 Å². The van der Waals surface area contributed by atoms with Crippen LogP contribution in [0, 0.1) is 0 Å². The number of amides is 1. The standard InChI is InChI=1S/C19H27N3O5S/c1-27-19(24)13-20-18(23)14-21-8-10-22(11-9-21)28(25,26)17-7-6-15-4-2-3-5-16(15)12-17/h6-7,12H,2-5,8-11,13-14H2,1H3,(H,20,23). The summed E-state index contributed by atoms with van der Waals surface area (Å²) in [6, 6.07) is 5.49. The number of fused-ring (bicyclic) bond motifs is 1. The van der Waals surface area contributed by atoms with Gasteiger partial charge in [-0.1, -0.05) is 6.07 Å². The summed E-state index contributed by atoms with van der Waals surface area (Å²) in [6.07, 6.45) is 4.22. The third-order valence-corrected chi connectivity index (χ3v) is 7.21. The van der Waals surface area contributed by atoms with Crippen molar-refractivity contribution in [1.29, 1.82) is 0 Å². The van der Waals surface area contributed by atoms with E-state index in [0.29, 0.717) is 31.1 Å². The molecule has 1 aromatic carbocycles. The minimum absolute atomic E-state index is 0.129. The molecule has 2 aliphatic rings. The molecule has 1 aliphatic heterocycles. The Morgan fingerprint density at radius 3 is 2.43 bits per heavy atom. The highest BCUT2D eigenvalue weighted by molar-refractivity contribution is 7.89. The Hall–Kier alpha value is -1.97. The van der Waals surface area contributed by atoms with Crippen LogP contribution in [0.1, 0.15) is 24.0 Å². The van der Waals surface area contributed by atoms with Gasteiger partial charge in [0, 0.05) is 26.2 Å². The molecule has 0 unspecified atom stereocenters. The van der Waals surface area contributed by atoms with Crippen LogP contribution in [0.25, 0.3) is 0 Å². The number of esters is 1. The molecule has 1 aromatic rings. The van der Waals surface area contributed by atoms with Gasteiger partial charge in [-0.3, -0.25) is 14.5 Å². The molecule has 0 saturated carbocycles. The summed E-state index contributed by atoms with van der Waals surface area (Å²) in [5.41, 5.74) is 2.40. The summed E-state index contributed by atoms with van der Waals surface area (Å²) in [6.45, 7) is 1.57. The van der Waals surface area contributed by atoms with Crippen LogP contribution in [0.3, 0.4) is 0 Å². The van der Waals surface area contributed by atoms with Crippen LogP contribution in [0.5, 0.6) is 0 Å². The van der Waals surface area contributed by atoms with Crippen molar-refractivity contribution in [3.8, 4) is 0 Å². The third-order valence-electron chi connectivity index (χ3n) is 5.31. The van der Waals surface area contributed by atoms with Gasteiger partial charge in [0.05, 0.1) is 18.6 Å². The lowest BCUT2D eigenvalue weighted by molar-refractivity contribution is -0.141. The largest absolute Gasteiger partial charge is 0.468 e. The first-order valence-electron chi connectivity index (χ1n) is 9.58. The number of carbonyl (C=O) groups is 2. The van der Waals surface area contributed by atoms with Gasteiger partial charge >= 0.3 is 5.97 Å². The number of benzene rings is 1. The molecule has 0 aromatic heterocycles. The zero-order valence-corrected chi connectivity index (χ0v) is 17.0. The first-order valence-corrected chi connectivity index (χ1v) is 11.0. The minimum Gasteiger partial charge on any atom is -0.468 e. The Balaban J connectivity index is 1.55. The summed E-state index contributed by atoms with van der Waals surface area (Å²) in [4.78, 5) is 25.2. The van der Waals surface area contributed by atoms with E-state index in [4.69, 9.17) is 0 Å². The number of hydrogen-bond acceptors (Lipinski definition) is 6. The maximum absolute atomic E-state index is 13.0. The highest BCUT2D eigenvalue weighted by atomic mass is 32.2. The number of nitrogens with one attached hydrogen (secondary N) is 1. The second-order valence-electron chi connectivity index (χ2n) is 7.17. The summed E-state index contributed by atoms with van der Waals surface area (Å²) in [5.74, 6) is -0.786. The van der Waals surface area contributed by atoms with Crippen molar-refractivity contribution in [2.24, 2.45) is 0 Å². The van der Waals surface area contributed by atoms with E-state index in [9.17, 15) is 18.0 Å². The molecule has 8 nitrogen and oxygen atoms in total. The quantitative estimate of drug-likeness (QED) is 0.673. The average molecular weight is 410 g/mol. The Bertz CT molecular complexity index is 832. The average Bonchev–Trinajstić information content (AvgIpc) is 2.72. The fourth-order valence-electron chi connectivity index (χ4n) is 3.65. The van der Waals surface area contributed by atoms with Gasteiger partial charge in [0.15, 0.2) is 0 Å². The molecule has 0 bridgehead atoms. The Kier molecular flexibility index (Phi) is 6.69. The van der Waals surface area contributed by atoms with Gasteiger partial charge in [0.1, 0.15) is 6.54 Å². The number of hydrogen-bond donors (Lipinski definition) is 1. The van der Waals surface area contributed by atoms with Gasteiger partial charge in [-0.2, -0.15) is 4.31 Å². The number of methoxy groups -OCH3 is 1. The third kappa shape index (κ3) is 4.89. The van der Waals surface area contributed by atoms with Gasteiger partial charge in [-0.25, -0.2) is 8.42 Å². The molecule has 9 heteroatoms. The van der Waals surface area contributed by atoms with Crippen molar-refractivity contribution in [2.45, 2.75) is 30.6 Å². The van der Waals surface area contributed by atoms with E-state index < -0.39 is 16.0 Å². The number of rotatable bonds is 6. The summed E-state index contributed by atoms with van der Waals surface area (Å²) >= 11 is 0. The molecule has 1 heterocycles. The van der Waals surface area contributed by atoms with Crippen LogP contribution in [0.4, 0.5) is 0 Å². The number of aryl methyl sites for hydroxylation is 2. The van der Waals surface area contributed by atoms with E-state index in [0.717, 1.165) is 31.2 Å². The summed E-state index contributed by atoms with van der Waals surface area (Å²) in [5, 5.41) is 2.49. The zero-order valence-electron chi connectivity index (χ0n) is 16.1. The first kappa shape index (κ1) is 20.8. The molecule has 0 atom stereocenters. The molecule has 1 amide bonds. The van der Waals surface area contributed by atoms with E-state index in [1.165, 1.54) is 17.0 Å². The Labute approximate surface area is 165 Å². The number of piperazine rings is 1. The van der Waals surface area contributed by atoms with Gasteiger partial charge in [0.2, 0.25) is 15.9 Å². The molecule has 28 heavy (non-hydrogen) atoms. The lowest BCUT2D eigenvalue weighted by Gasteiger charge is -2.33. The molecular formula is C19H27N3O5S. The van der Waals surface area contributed by atoms with E-state index >= 15 is 0 Å². The topological polar surface area (TPSA) is 96.0 Å². The second kappa shape index (κ2) is 9.02. The number of ether oxygens (including phenoxy) is 1. The number of carbonyl (C=O) groups excluding carboxylic acids is 2. The van der Waals surface area contributed by atoms with Crippen molar-refractivity contribution in [2.75, 3.05) is 46.4 Å². The fraction of sp³-hybridized carbons (Fsp3) is 0.579. The smallest absolute Gasteiger partial charge is 0.325 e. The molecule has 1 saturated heterocycles. The lowest BCUT2D eigenvalue weighted by atomic mass is 9.92. The molecule has 1 N–H and O–H groups in total. The monoisotopic (exact) mass is 409 g/mol. The maximum atomic E-state index is 13.0. The lowest BCUT2D eigenvalue weighted by Crippen LogP contribution is -2.51. The second-order valence-corrected chi connectivity index (χ2v) is 9.11. The zero-order chi connectivity index (χ0) is 20.1. The number of nitrogens with zero attached hydrogens (tertiary/aromatic N) is 2. The van der Waals surface area contributed by atoms with Gasteiger partial charge in [-0.05, 0) is 48.9 Å². The molecular weight excluding hydrogens is 382 g/mol. The molecule has 1 aliphatic carbocycles. The summed E-state index contributed by atoms with van der Waals surface area (Å²) < 4.78 is 31.9. The maximum Gasteiger partial charge on any atom is 0.325 e. The van der Waals surface area contributed by atoms with E-state index in [2.05, 4.69) is 10.1 Å². The molecule has 3 rings (SSSR count). The van der Waals surface area contributed by atoms with Gasteiger partial charge in [0.25, 0.3) is 0 Å². The molecule has 0 spiro atoms. The van der Waals surface area contributed by atoms with Crippen molar-refractivity contribution >= 4 is 21.9 Å². The van der Waals surface area contributed by atoms with Crippen LogP contribution >= 0.6 is 0 Å². The van der Waals surface area contributed by atoms with Crippen LogP contribution in [-0.4, -0.2) is 75.9 Å². The van der Waals surface area contributed by atoms with Crippen molar-refractivity contribution in [3.05, 3.63) is 29.3 Å². The van der Waals surface area contributed by atoms with Crippen molar-refractivity contribution < 1.29 is 22.7 Å². The van der Waals surface area contributed by atoms with E-state index in [1.807, 2.05) is 17.0 Å². The normalized spacial score (nSPS) is 18.3. The predicted octanol–water partition coefficient (Wildman–Crippen LogP) is 0.161. The SMILES string of the molecule is COC(=O)CNC(=O)CN1CCN(S(=O)(=O)c2ccc3c(c2)CCCC3)CC1. The first-order chi connectivity index (χ1) is 13.4. The molecule has 1 fully saturated rings. The van der Waals surface area contributed by atoms with Crippen LogP contribution < -0.4 is 5.32 Å². The van der Waals surface area contributed by atoms with Crippen LogP contribution in [0.2, 0.25) is 0 Å². The fourth-order valence-corrected chi connectivity index (χ4v) is 5.12. The summed E-state index contributed by atoms with van der Waals surface area (Å²) in [7, 11) is -2.27. The van der Waals surface area contributed by atoms with E-state index in [-0.39, 0.29) is 19.0 Å². The minimum atomic E-state index is -3.53. The molecule has 154 valence electrons. The molecule has 0 radical (unpaired) electrons. The highest BCUT2D eigenvalue weighted by Gasteiger charge is 2.29. The van der Waals surface area contributed by atoms with E-state index in [1.54, 1.807) is 6.07 Å². The van der Waals surface area contributed by atoms with Crippen molar-refractivity contribution in [1.82, 2.24) is 14.5 Å².